The van der Waals surface area contributed by atoms with Crippen LogP contribution in [0.1, 0.15) is 35.8 Å². The molecule has 94 valence electrons. The molecule has 0 spiro atoms. The van der Waals surface area contributed by atoms with E-state index in [0.717, 1.165) is 36.3 Å². The smallest absolute Gasteiger partial charge is 0.121 e. The topological polar surface area (TPSA) is 18.5 Å². The molecule has 1 aromatic rings. The lowest BCUT2D eigenvalue weighted by Crippen LogP contribution is -2.23. The van der Waals surface area contributed by atoms with Crippen molar-refractivity contribution in [1.29, 1.82) is 0 Å². The Labute approximate surface area is 108 Å². The summed E-state index contributed by atoms with van der Waals surface area (Å²) in [5.74, 6) is 0.905. The Morgan fingerprint density at radius 3 is 2.82 bits per heavy atom. The number of hydrogen-bond donors (Lipinski definition) is 0. The maximum Gasteiger partial charge on any atom is 0.121 e. The summed E-state index contributed by atoms with van der Waals surface area (Å²) >= 11 is 6.49. The van der Waals surface area contributed by atoms with Crippen LogP contribution in [0, 0.1) is 6.92 Å². The largest absolute Gasteiger partial charge is 0.496 e. The summed E-state index contributed by atoms with van der Waals surface area (Å²) in [7, 11) is 1.68. The average molecular weight is 255 g/mol. The maximum atomic E-state index is 6.49. The number of methoxy groups -OCH3 is 1. The lowest BCUT2D eigenvalue weighted by atomic mass is 9.99. The van der Waals surface area contributed by atoms with Gasteiger partial charge in [0, 0.05) is 6.61 Å². The third-order valence-electron chi connectivity index (χ3n) is 3.28. The zero-order chi connectivity index (χ0) is 12.3. The Morgan fingerprint density at radius 2 is 2.24 bits per heavy atom. The fourth-order valence-electron chi connectivity index (χ4n) is 2.28. The third-order valence-corrected chi connectivity index (χ3v) is 3.81. The zero-order valence-corrected chi connectivity index (χ0v) is 11.2. The molecule has 1 aliphatic heterocycles. The summed E-state index contributed by atoms with van der Waals surface area (Å²) in [5.41, 5.74) is 2.24. The minimum absolute atomic E-state index is 0.0556. The number of benzene rings is 1. The van der Waals surface area contributed by atoms with Crippen LogP contribution < -0.4 is 4.74 Å². The first-order chi connectivity index (χ1) is 8.22. The maximum absolute atomic E-state index is 6.49. The predicted octanol–water partition coefficient (Wildman–Crippen LogP) is 3.85. The van der Waals surface area contributed by atoms with Crippen LogP contribution in [0.2, 0.25) is 0 Å². The fourth-order valence-corrected chi connectivity index (χ4v) is 2.62. The molecule has 0 N–H and O–H groups in total. The highest BCUT2D eigenvalue weighted by Gasteiger charge is 2.24. The van der Waals surface area contributed by atoms with Gasteiger partial charge in [0.05, 0.1) is 18.6 Å². The van der Waals surface area contributed by atoms with Crippen LogP contribution >= 0.6 is 11.6 Å². The predicted molar refractivity (Wildman–Crippen MR) is 69.9 cm³/mol. The molecule has 2 rings (SSSR count). The van der Waals surface area contributed by atoms with Gasteiger partial charge in [-0.15, -0.1) is 11.6 Å². The highest BCUT2D eigenvalue weighted by molar-refractivity contribution is 6.21. The summed E-state index contributed by atoms with van der Waals surface area (Å²) in [5, 5.41) is -0.0556. The second kappa shape index (κ2) is 5.74. The van der Waals surface area contributed by atoms with Gasteiger partial charge in [-0.05, 0) is 43.4 Å². The SMILES string of the molecule is COc1ccc(C(Cl)C2CCCCO2)cc1C. The van der Waals surface area contributed by atoms with Crippen molar-refractivity contribution >= 4 is 11.6 Å². The molecule has 0 aliphatic carbocycles. The van der Waals surface area contributed by atoms with Crippen LogP contribution in [-0.4, -0.2) is 19.8 Å². The molecule has 1 saturated heterocycles. The normalized spacial score (nSPS) is 22.2. The molecule has 0 radical (unpaired) electrons. The van der Waals surface area contributed by atoms with E-state index in [2.05, 4.69) is 6.07 Å². The van der Waals surface area contributed by atoms with Gasteiger partial charge >= 0.3 is 0 Å². The van der Waals surface area contributed by atoms with E-state index in [1.54, 1.807) is 7.11 Å². The van der Waals surface area contributed by atoms with E-state index in [0.29, 0.717) is 0 Å². The molecule has 0 saturated carbocycles. The lowest BCUT2D eigenvalue weighted by Gasteiger charge is -2.27. The summed E-state index contributed by atoms with van der Waals surface area (Å²) in [6.45, 7) is 2.87. The molecular formula is C14H19ClO2. The number of hydrogen-bond acceptors (Lipinski definition) is 2. The van der Waals surface area contributed by atoms with E-state index >= 15 is 0 Å². The minimum Gasteiger partial charge on any atom is -0.496 e. The molecule has 2 nitrogen and oxygen atoms in total. The van der Waals surface area contributed by atoms with Gasteiger partial charge in [-0.2, -0.15) is 0 Å². The van der Waals surface area contributed by atoms with Gasteiger partial charge < -0.3 is 9.47 Å². The number of aryl methyl sites for hydroxylation is 1. The van der Waals surface area contributed by atoms with Crippen molar-refractivity contribution in [2.75, 3.05) is 13.7 Å². The molecular weight excluding hydrogens is 236 g/mol. The second-order valence-electron chi connectivity index (χ2n) is 4.54. The molecule has 2 atom stereocenters. The van der Waals surface area contributed by atoms with Gasteiger partial charge in [-0.25, -0.2) is 0 Å². The minimum atomic E-state index is -0.0556. The van der Waals surface area contributed by atoms with Crippen molar-refractivity contribution < 1.29 is 9.47 Å². The molecule has 0 bridgehead atoms. The quantitative estimate of drug-likeness (QED) is 0.763. The lowest BCUT2D eigenvalue weighted by molar-refractivity contribution is 0.0136. The molecule has 2 unspecified atom stereocenters. The summed E-state index contributed by atoms with van der Waals surface area (Å²) in [6.07, 6.45) is 3.57. The first kappa shape index (κ1) is 12.7. The molecule has 17 heavy (non-hydrogen) atoms. The zero-order valence-electron chi connectivity index (χ0n) is 10.4. The van der Waals surface area contributed by atoms with Gasteiger partial charge in [-0.1, -0.05) is 12.1 Å². The van der Waals surface area contributed by atoms with E-state index in [-0.39, 0.29) is 11.5 Å². The van der Waals surface area contributed by atoms with E-state index in [9.17, 15) is 0 Å². The Morgan fingerprint density at radius 1 is 1.41 bits per heavy atom. The van der Waals surface area contributed by atoms with Gasteiger partial charge in [0.25, 0.3) is 0 Å². The van der Waals surface area contributed by atoms with Crippen molar-refractivity contribution in [3.05, 3.63) is 29.3 Å². The van der Waals surface area contributed by atoms with Crippen LogP contribution in [0.15, 0.2) is 18.2 Å². The summed E-state index contributed by atoms with van der Waals surface area (Å²) < 4.78 is 11.0. The third kappa shape index (κ3) is 2.93. The Bertz CT molecular complexity index is 372. The van der Waals surface area contributed by atoms with Crippen molar-refractivity contribution in [3.63, 3.8) is 0 Å². The number of halogens is 1. The van der Waals surface area contributed by atoms with Crippen LogP contribution in [-0.2, 0) is 4.74 Å². The van der Waals surface area contributed by atoms with E-state index in [1.165, 1.54) is 6.42 Å². The molecule has 0 amide bonds. The van der Waals surface area contributed by atoms with Crippen LogP contribution in [0.25, 0.3) is 0 Å². The van der Waals surface area contributed by atoms with Crippen molar-refractivity contribution in [2.45, 2.75) is 37.7 Å². The van der Waals surface area contributed by atoms with Crippen molar-refractivity contribution in [1.82, 2.24) is 0 Å². The number of ether oxygens (including phenoxy) is 2. The highest BCUT2D eigenvalue weighted by atomic mass is 35.5. The Kier molecular flexibility index (Phi) is 4.30. The molecule has 1 aromatic carbocycles. The fraction of sp³-hybridized carbons (Fsp3) is 0.571. The molecule has 0 aromatic heterocycles. The molecule has 1 fully saturated rings. The van der Waals surface area contributed by atoms with Crippen molar-refractivity contribution in [2.24, 2.45) is 0 Å². The molecule has 3 heteroatoms. The standard InChI is InChI=1S/C14H19ClO2/c1-10-9-11(6-7-12(10)16-2)14(15)13-5-3-4-8-17-13/h6-7,9,13-14H,3-5,8H2,1-2H3. The average Bonchev–Trinajstić information content (AvgIpc) is 2.39. The van der Waals surface area contributed by atoms with Crippen LogP contribution in [0.4, 0.5) is 0 Å². The van der Waals surface area contributed by atoms with Crippen LogP contribution in [0.5, 0.6) is 5.75 Å². The van der Waals surface area contributed by atoms with E-state index < -0.39 is 0 Å². The summed E-state index contributed by atoms with van der Waals surface area (Å²) in [4.78, 5) is 0. The van der Waals surface area contributed by atoms with Gasteiger partial charge in [0.15, 0.2) is 0 Å². The summed E-state index contributed by atoms with van der Waals surface area (Å²) in [6, 6.07) is 6.10. The number of rotatable bonds is 3. The molecule has 1 aliphatic rings. The van der Waals surface area contributed by atoms with Crippen molar-refractivity contribution in [3.8, 4) is 5.75 Å². The molecule has 1 heterocycles. The first-order valence-electron chi connectivity index (χ1n) is 6.12. The van der Waals surface area contributed by atoms with Gasteiger partial charge in [-0.3, -0.25) is 0 Å². The Balaban J connectivity index is 2.12. The van der Waals surface area contributed by atoms with E-state index in [1.807, 2.05) is 19.1 Å². The monoisotopic (exact) mass is 254 g/mol. The number of alkyl halides is 1. The second-order valence-corrected chi connectivity index (χ2v) is 5.01. The first-order valence-corrected chi connectivity index (χ1v) is 6.56. The van der Waals surface area contributed by atoms with Gasteiger partial charge in [0.1, 0.15) is 5.75 Å². The van der Waals surface area contributed by atoms with E-state index in [4.69, 9.17) is 21.1 Å². The van der Waals surface area contributed by atoms with Crippen LogP contribution in [0.3, 0.4) is 0 Å². The van der Waals surface area contributed by atoms with Gasteiger partial charge in [0.2, 0.25) is 0 Å². The Hall–Kier alpha value is -0.730. The highest BCUT2D eigenvalue weighted by Crippen LogP contribution is 2.33.